The Kier molecular flexibility index (Phi) is 52.7. The first kappa shape index (κ1) is 70.2. The molecule has 3 atom stereocenters. The second-order valence-corrected chi connectivity index (χ2v) is 23.4. The third kappa shape index (κ3) is 55.9. The van der Waals surface area contributed by atoms with Crippen LogP contribution < -0.4 is 10.2 Å². The lowest BCUT2D eigenvalue weighted by Gasteiger charge is -2.30. The highest BCUT2D eigenvalue weighted by Crippen LogP contribution is 2.38. The molecular weight excluding hydrogens is 912 g/mol. The molecule has 0 aromatic carbocycles. The van der Waals surface area contributed by atoms with Gasteiger partial charge in [0.15, 0.2) is 0 Å². The van der Waals surface area contributed by atoms with Gasteiger partial charge in [-0.15, -0.1) is 0 Å². The molecule has 0 aliphatic rings. The summed E-state index contributed by atoms with van der Waals surface area (Å²) in [6.07, 6.45) is 72.6. The Hall–Kier alpha value is -1.80. The zero-order chi connectivity index (χ0) is 52.7. The smallest absolute Gasteiger partial charge is 0.268 e. The Morgan fingerprint density at radius 3 is 1.24 bits per heavy atom. The topological polar surface area (TPSA) is 108 Å². The van der Waals surface area contributed by atoms with Gasteiger partial charge in [-0.3, -0.25) is 9.36 Å². The van der Waals surface area contributed by atoms with Gasteiger partial charge in [-0.2, -0.15) is 0 Å². The first-order chi connectivity index (χ1) is 35.0. The summed E-state index contributed by atoms with van der Waals surface area (Å²) < 4.78 is 23.4. The Balaban J connectivity index is 4.04. The minimum Gasteiger partial charge on any atom is -0.756 e. The second kappa shape index (κ2) is 54.0. The van der Waals surface area contributed by atoms with Crippen molar-refractivity contribution in [2.24, 2.45) is 0 Å². The maximum Gasteiger partial charge on any atom is 0.268 e. The average Bonchev–Trinajstić information content (AvgIpc) is 3.34. The number of likely N-dealkylation sites (N-methyl/N-ethyl adjacent to an activating group) is 1. The first-order valence-electron chi connectivity index (χ1n) is 30.6. The summed E-state index contributed by atoms with van der Waals surface area (Å²) in [6.45, 7) is 4.64. The number of aliphatic hydroxyl groups is 1. The quantitative estimate of drug-likeness (QED) is 0.0272. The van der Waals surface area contributed by atoms with Crippen LogP contribution in [0.25, 0.3) is 0 Å². The summed E-state index contributed by atoms with van der Waals surface area (Å²) in [6, 6.07) is -0.801. The molecule has 8 nitrogen and oxygen atoms in total. The van der Waals surface area contributed by atoms with Gasteiger partial charge in [-0.25, -0.2) is 0 Å². The van der Waals surface area contributed by atoms with Crippen molar-refractivity contribution in [3.05, 3.63) is 60.8 Å². The molecule has 0 spiro atoms. The minimum atomic E-state index is -4.57. The van der Waals surface area contributed by atoms with Crippen molar-refractivity contribution in [3.8, 4) is 0 Å². The Labute approximate surface area is 447 Å². The van der Waals surface area contributed by atoms with E-state index in [-0.39, 0.29) is 19.1 Å². The summed E-state index contributed by atoms with van der Waals surface area (Å²) in [7, 11) is 1.31. The van der Waals surface area contributed by atoms with Crippen LogP contribution in [0.2, 0.25) is 0 Å². The number of carbonyl (C=O) groups excluding carboxylic acids is 1. The standard InChI is InChI=1S/C63H119N2O6P/c1-6-8-10-12-14-16-18-20-22-24-25-26-27-28-29-30-31-32-33-34-35-36-37-38-39-41-43-45-47-49-51-53-55-57-63(67)64-61(60-71-72(68,69)70-59-58-65(3,4)5)62(66)56-54-52-50-48-46-44-42-40-23-21-19-17-15-13-11-9-7-2/h8,10,14,16,20,22,25-26,28-29,61-62,66H,6-7,9,11-13,15,17-19,21,23-24,27,30-60H2,1-5H3,(H-,64,67,68,69)/b10-8-,16-14-,22-20-,26-25-,29-28-. The molecule has 0 heterocycles. The van der Waals surface area contributed by atoms with Crippen molar-refractivity contribution in [3.63, 3.8) is 0 Å². The number of carbonyl (C=O) groups is 1. The van der Waals surface area contributed by atoms with Crippen LogP contribution in [0.1, 0.15) is 284 Å². The number of quaternary nitrogens is 1. The van der Waals surface area contributed by atoms with Gasteiger partial charge in [0.25, 0.3) is 7.82 Å². The predicted octanol–water partition coefficient (Wildman–Crippen LogP) is 18.2. The normalized spacial score (nSPS) is 14.3. The number of hydrogen-bond donors (Lipinski definition) is 2. The van der Waals surface area contributed by atoms with Crippen molar-refractivity contribution in [2.75, 3.05) is 40.9 Å². The zero-order valence-corrected chi connectivity index (χ0v) is 49.0. The molecule has 3 unspecified atom stereocenters. The first-order valence-corrected chi connectivity index (χ1v) is 32.1. The zero-order valence-electron chi connectivity index (χ0n) is 48.1. The Morgan fingerprint density at radius 2 is 0.847 bits per heavy atom. The van der Waals surface area contributed by atoms with Gasteiger partial charge in [0, 0.05) is 6.42 Å². The van der Waals surface area contributed by atoms with E-state index < -0.39 is 20.0 Å². The largest absolute Gasteiger partial charge is 0.756 e. The van der Waals surface area contributed by atoms with E-state index in [0.717, 1.165) is 70.6 Å². The number of rotatable bonds is 56. The highest BCUT2D eigenvalue weighted by atomic mass is 31.2. The van der Waals surface area contributed by atoms with Gasteiger partial charge in [0.05, 0.1) is 39.9 Å². The van der Waals surface area contributed by atoms with Crippen molar-refractivity contribution in [2.45, 2.75) is 296 Å². The van der Waals surface area contributed by atoms with E-state index in [0.29, 0.717) is 23.9 Å². The van der Waals surface area contributed by atoms with Crippen LogP contribution in [0, 0.1) is 0 Å². The van der Waals surface area contributed by atoms with Crippen LogP contribution in [0.3, 0.4) is 0 Å². The fraction of sp³-hybridized carbons (Fsp3) is 0.825. The van der Waals surface area contributed by atoms with Crippen molar-refractivity contribution in [1.29, 1.82) is 0 Å². The van der Waals surface area contributed by atoms with E-state index in [1.807, 2.05) is 21.1 Å². The van der Waals surface area contributed by atoms with Gasteiger partial charge in [-0.05, 0) is 57.8 Å². The second-order valence-electron chi connectivity index (χ2n) is 22.0. The van der Waals surface area contributed by atoms with Crippen LogP contribution in [-0.4, -0.2) is 68.5 Å². The number of nitrogens with one attached hydrogen (secondary N) is 1. The van der Waals surface area contributed by atoms with Crippen molar-refractivity contribution < 1.29 is 32.9 Å². The summed E-state index contributed by atoms with van der Waals surface area (Å²) in [5.41, 5.74) is 0. The predicted molar refractivity (Wildman–Crippen MR) is 311 cm³/mol. The summed E-state index contributed by atoms with van der Waals surface area (Å²) in [5.74, 6) is -0.162. The van der Waals surface area contributed by atoms with Crippen molar-refractivity contribution in [1.82, 2.24) is 5.32 Å². The fourth-order valence-electron chi connectivity index (χ4n) is 9.01. The number of phosphoric ester groups is 1. The molecule has 0 rings (SSSR count). The molecule has 0 saturated carbocycles. The SMILES string of the molecule is CC/C=C\C/C=C\C/C=C\C/C=C\C/C=C\CCCCCCCCCCCCCCCCCCCC(=O)NC(COP(=O)([O-])OCC[N+](C)(C)C)C(O)CCCCCCCCCCCCCCCCCCC. The summed E-state index contributed by atoms with van der Waals surface area (Å²) >= 11 is 0. The van der Waals surface area contributed by atoms with E-state index in [9.17, 15) is 19.4 Å². The van der Waals surface area contributed by atoms with Crippen LogP contribution in [0.4, 0.5) is 0 Å². The van der Waals surface area contributed by atoms with Gasteiger partial charge in [-0.1, -0.05) is 280 Å². The van der Waals surface area contributed by atoms with Crippen LogP contribution in [0.5, 0.6) is 0 Å². The number of allylic oxidation sites excluding steroid dienone is 10. The lowest BCUT2D eigenvalue weighted by atomic mass is 10.0. The molecule has 0 fully saturated rings. The maximum absolute atomic E-state index is 13.0. The molecule has 2 N–H and O–H groups in total. The molecule has 9 heteroatoms. The Morgan fingerprint density at radius 1 is 0.500 bits per heavy atom. The van der Waals surface area contributed by atoms with Gasteiger partial charge >= 0.3 is 0 Å². The van der Waals surface area contributed by atoms with Crippen LogP contribution >= 0.6 is 7.82 Å². The molecule has 0 aromatic rings. The monoisotopic (exact) mass is 1030 g/mol. The number of hydrogen-bond acceptors (Lipinski definition) is 6. The molecule has 0 aliphatic heterocycles. The number of phosphoric acid groups is 1. The van der Waals surface area contributed by atoms with Crippen LogP contribution in [0.15, 0.2) is 60.8 Å². The third-order valence-electron chi connectivity index (χ3n) is 13.8. The summed E-state index contributed by atoms with van der Waals surface area (Å²) in [5, 5.41) is 14.0. The highest BCUT2D eigenvalue weighted by molar-refractivity contribution is 7.45. The molecule has 0 aromatic heterocycles. The molecular formula is C63H119N2O6P. The van der Waals surface area contributed by atoms with E-state index in [1.54, 1.807) is 0 Å². The molecule has 0 aliphatic carbocycles. The average molecular weight is 1030 g/mol. The number of unbranched alkanes of at least 4 members (excludes halogenated alkanes) is 33. The van der Waals surface area contributed by atoms with E-state index >= 15 is 0 Å². The van der Waals surface area contributed by atoms with Crippen molar-refractivity contribution >= 4 is 13.7 Å². The highest BCUT2D eigenvalue weighted by Gasteiger charge is 2.24. The molecule has 1 amide bonds. The van der Waals surface area contributed by atoms with E-state index in [2.05, 4.69) is 79.9 Å². The van der Waals surface area contributed by atoms with E-state index in [4.69, 9.17) is 9.05 Å². The fourth-order valence-corrected chi connectivity index (χ4v) is 9.73. The summed E-state index contributed by atoms with van der Waals surface area (Å²) in [4.78, 5) is 25.6. The molecule has 0 saturated heterocycles. The lowest BCUT2D eigenvalue weighted by Crippen LogP contribution is -2.46. The Bertz CT molecular complexity index is 1360. The number of nitrogens with zero attached hydrogens (tertiary/aromatic N) is 1. The van der Waals surface area contributed by atoms with Gasteiger partial charge in [0.2, 0.25) is 5.91 Å². The molecule has 72 heavy (non-hydrogen) atoms. The molecule has 0 bridgehead atoms. The maximum atomic E-state index is 13.0. The van der Waals surface area contributed by atoms with E-state index in [1.165, 1.54) is 186 Å². The van der Waals surface area contributed by atoms with Gasteiger partial charge in [0.1, 0.15) is 13.2 Å². The minimum absolute atomic E-state index is 0.0123. The van der Waals surface area contributed by atoms with Crippen LogP contribution in [-0.2, 0) is 18.4 Å². The molecule has 0 radical (unpaired) electrons. The number of amides is 1. The third-order valence-corrected chi connectivity index (χ3v) is 14.7. The molecule has 422 valence electrons. The van der Waals surface area contributed by atoms with Gasteiger partial charge < -0.3 is 28.8 Å². The number of aliphatic hydroxyl groups excluding tert-OH is 1. The lowest BCUT2D eigenvalue weighted by molar-refractivity contribution is -0.870.